The lowest BCUT2D eigenvalue weighted by Crippen LogP contribution is -2.49. The molecule has 1 aliphatic heterocycles. The summed E-state index contributed by atoms with van der Waals surface area (Å²) in [6.07, 6.45) is 1.72. The molecule has 3 heterocycles. The molecule has 0 spiro atoms. The number of hydrogen-bond donors (Lipinski definition) is 0. The fourth-order valence-corrected chi connectivity index (χ4v) is 5.23. The van der Waals surface area contributed by atoms with E-state index in [-0.39, 0.29) is 18.7 Å². The molecule has 1 fully saturated rings. The van der Waals surface area contributed by atoms with Crippen LogP contribution in [0.2, 0.25) is 0 Å². The predicted octanol–water partition coefficient (Wildman–Crippen LogP) is 2.52. The van der Waals surface area contributed by atoms with Crippen molar-refractivity contribution < 1.29 is 17.2 Å². The molecule has 4 rings (SSSR count). The Labute approximate surface area is 185 Å². The number of hydrogen-bond acceptors (Lipinski definition) is 6. The molecule has 1 aromatic carbocycles. The quantitative estimate of drug-likeness (QED) is 0.579. The second kappa shape index (κ2) is 8.55. The van der Waals surface area contributed by atoms with E-state index in [0.717, 1.165) is 29.6 Å². The molecule has 0 saturated carbocycles. The summed E-state index contributed by atoms with van der Waals surface area (Å²) < 4.78 is 55.7. The normalized spacial score (nSPS) is 15.3. The minimum Gasteiger partial charge on any atom is -0.354 e. The summed E-state index contributed by atoms with van der Waals surface area (Å²) in [5.41, 5.74) is 1.99. The number of imidazole rings is 1. The highest BCUT2D eigenvalue weighted by Crippen LogP contribution is 2.21. The monoisotopic (exact) mass is 462 g/mol. The van der Waals surface area contributed by atoms with Crippen LogP contribution in [0.4, 0.5) is 14.6 Å². The van der Waals surface area contributed by atoms with Crippen LogP contribution >= 0.6 is 0 Å². The molecule has 0 bridgehead atoms. The van der Waals surface area contributed by atoms with Gasteiger partial charge in [-0.2, -0.15) is 4.31 Å². The molecular weight excluding hydrogens is 438 g/mol. The van der Waals surface area contributed by atoms with Crippen LogP contribution in [0, 0.1) is 32.4 Å². The zero-order valence-electron chi connectivity index (χ0n) is 18.1. The van der Waals surface area contributed by atoms with Crippen LogP contribution in [-0.4, -0.2) is 58.4 Å². The first-order chi connectivity index (χ1) is 15.1. The van der Waals surface area contributed by atoms with E-state index in [0.29, 0.717) is 30.5 Å². The number of rotatable bonds is 5. The largest absolute Gasteiger partial charge is 0.354 e. The van der Waals surface area contributed by atoms with Crippen molar-refractivity contribution in [2.24, 2.45) is 0 Å². The molecule has 1 saturated heterocycles. The van der Waals surface area contributed by atoms with Crippen molar-refractivity contribution in [2.45, 2.75) is 26.5 Å². The maximum Gasteiger partial charge on any atom is 0.218 e. The average molecular weight is 463 g/mol. The Bertz CT molecular complexity index is 1230. The number of piperazine rings is 1. The Morgan fingerprint density at radius 3 is 2.12 bits per heavy atom. The first kappa shape index (κ1) is 22.3. The highest BCUT2D eigenvalue weighted by Gasteiger charge is 2.28. The van der Waals surface area contributed by atoms with Crippen molar-refractivity contribution >= 4 is 15.8 Å². The molecular formula is C21H24F2N6O2S. The van der Waals surface area contributed by atoms with Crippen LogP contribution in [-0.2, 0) is 15.8 Å². The molecule has 2 aromatic heterocycles. The minimum atomic E-state index is -3.71. The summed E-state index contributed by atoms with van der Waals surface area (Å²) in [4.78, 5) is 15.3. The summed E-state index contributed by atoms with van der Waals surface area (Å²) in [5.74, 6) is -0.0168. The van der Waals surface area contributed by atoms with E-state index in [1.807, 2.05) is 36.3 Å². The van der Waals surface area contributed by atoms with E-state index in [9.17, 15) is 17.2 Å². The van der Waals surface area contributed by atoms with Crippen LogP contribution in [0.25, 0.3) is 5.82 Å². The van der Waals surface area contributed by atoms with Gasteiger partial charge in [-0.25, -0.2) is 32.2 Å². The lowest BCUT2D eigenvalue weighted by molar-refractivity contribution is 0.383. The number of aryl methyl sites for hydroxylation is 2. The number of benzene rings is 1. The van der Waals surface area contributed by atoms with Gasteiger partial charge in [0, 0.05) is 44.0 Å². The molecule has 8 nitrogen and oxygen atoms in total. The van der Waals surface area contributed by atoms with Gasteiger partial charge in [0.2, 0.25) is 10.0 Å². The number of halogens is 2. The Morgan fingerprint density at radius 2 is 1.53 bits per heavy atom. The molecule has 0 amide bonds. The van der Waals surface area contributed by atoms with Crippen molar-refractivity contribution in [2.75, 3.05) is 31.1 Å². The third-order valence-corrected chi connectivity index (χ3v) is 7.39. The standard InChI is InChI=1S/C21H24F2N6O2S/c1-14-15(2)29(13-24-14)21-11-20(25-16(3)26-21)27-4-6-28(7-5-27)32(30,31)12-17-8-18(22)10-19(23)9-17/h8-11,13H,4-7,12H2,1-3H3. The average Bonchev–Trinajstić information content (AvgIpc) is 3.05. The van der Waals surface area contributed by atoms with E-state index in [2.05, 4.69) is 15.0 Å². The first-order valence-electron chi connectivity index (χ1n) is 10.2. The van der Waals surface area contributed by atoms with Gasteiger partial charge in [-0.15, -0.1) is 0 Å². The van der Waals surface area contributed by atoms with Crippen LogP contribution in [0.1, 0.15) is 22.8 Å². The molecule has 0 atom stereocenters. The molecule has 0 unspecified atom stereocenters. The lowest BCUT2D eigenvalue weighted by atomic mass is 10.2. The van der Waals surface area contributed by atoms with E-state index < -0.39 is 27.4 Å². The van der Waals surface area contributed by atoms with Crippen molar-refractivity contribution in [1.82, 2.24) is 23.8 Å². The third-order valence-electron chi connectivity index (χ3n) is 5.54. The van der Waals surface area contributed by atoms with Gasteiger partial charge in [-0.1, -0.05) is 0 Å². The van der Waals surface area contributed by atoms with Crippen molar-refractivity contribution in [3.8, 4) is 5.82 Å². The molecule has 11 heteroatoms. The maximum atomic E-state index is 13.4. The second-order valence-corrected chi connectivity index (χ2v) is 9.81. The van der Waals surface area contributed by atoms with Gasteiger partial charge in [0.1, 0.15) is 35.4 Å². The highest BCUT2D eigenvalue weighted by molar-refractivity contribution is 7.88. The number of sulfonamides is 1. The molecule has 1 aliphatic rings. The Morgan fingerprint density at radius 1 is 0.906 bits per heavy atom. The Balaban J connectivity index is 1.48. The lowest BCUT2D eigenvalue weighted by Gasteiger charge is -2.34. The zero-order valence-corrected chi connectivity index (χ0v) is 18.9. The first-order valence-corrected chi connectivity index (χ1v) is 11.8. The van der Waals surface area contributed by atoms with E-state index in [1.54, 1.807) is 6.33 Å². The number of anilines is 1. The SMILES string of the molecule is Cc1nc(N2CCN(S(=O)(=O)Cc3cc(F)cc(F)c3)CC2)cc(-n2cnc(C)c2C)n1. The van der Waals surface area contributed by atoms with Crippen molar-refractivity contribution in [3.05, 3.63) is 65.0 Å². The molecule has 0 aliphatic carbocycles. The molecule has 0 radical (unpaired) electrons. The maximum absolute atomic E-state index is 13.4. The van der Waals surface area contributed by atoms with Gasteiger partial charge in [-0.05, 0) is 38.5 Å². The summed E-state index contributed by atoms with van der Waals surface area (Å²) in [5, 5.41) is 0. The van der Waals surface area contributed by atoms with Gasteiger partial charge < -0.3 is 4.90 Å². The van der Waals surface area contributed by atoms with Gasteiger partial charge in [0.05, 0.1) is 11.4 Å². The van der Waals surface area contributed by atoms with Crippen LogP contribution in [0.15, 0.2) is 30.6 Å². The van der Waals surface area contributed by atoms with Gasteiger partial charge in [0.25, 0.3) is 0 Å². The van der Waals surface area contributed by atoms with Gasteiger partial charge >= 0.3 is 0 Å². The fraction of sp³-hybridized carbons (Fsp3) is 0.381. The third kappa shape index (κ3) is 4.63. The van der Waals surface area contributed by atoms with E-state index in [1.165, 1.54) is 4.31 Å². The second-order valence-electron chi connectivity index (χ2n) is 7.84. The minimum absolute atomic E-state index is 0.0898. The Hall–Kier alpha value is -2.92. The summed E-state index contributed by atoms with van der Waals surface area (Å²) in [6.45, 7) is 7.09. The van der Waals surface area contributed by atoms with E-state index >= 15 is 0 Å². The Kier molecular flexibility index (Phi) is 5.95. The highest BCUT2D eigenvalue weighted by atomic mass is 32.2. The predicted molar refractivity (Wildman–Crippen MR) is 116 cm³/mol. The van der Waals surface area contributed by atoms with Crippen LogP contribution in [0.5, 0.6) is 0 Å². The molecule has 170 valence electrons. The molecule has 0 N–H and O–H groups in total. The topological polar surface area (TPSA) is 84.2 Å². The summed E-state index contributed by atoms with van der Waals surface area (Å²) in [7, 11) is -3.71. The van der Waals surface area contributed by atoms with Crippen LogP contribution < -0.4 is 4.90 Å². The summed E-state index contributed by atoms with van der Waals surface area (Å²) in [6, 6.07) is 4.67. The zero-order chi connectivity index (χ0) is 23.0. The molecule has 3 aromatic rings. The smallest absolute Gasteiger partial charge is 0.218 e. The number of nitrogens with zero attached hydrogens (tertiary/aromatic N) is 6. The van der Waals surface area contributed by atoms with Crippen molar-refractivity contribution in [3.63, 3.8) is 0 Å². The molecule has 32 heavy (non-hydrogen) atoms. The van der Waals surface area contributed by atoms with Crippen LogP contribution in [0.3, 0.4) is 0 Å². The van der Waals surface area contributed by atoms with Gasteiger partial charge in [-0.3, -0.25) is 4.57 Å². The van der Waals surface area contributed by atoms with Crippen molar-refractivity contribution in [1.29, 1.82) is 0 Å². The fourth-order valence-electron chi connectivity index (χ4n) is 3.74. The van der Waals surface area contributed by atoms with E-state index in [4.69, 9.17) is 0 Å². The summed E-state index contributed by atoms with van der Waals surface area (Å²) >= 11 is 0. The van der Waals surface area contributed by atoms with Gasteiger partial charge in [0.15, 0.2) is 0 Å². The number of aromatic nitrogens is 4.